The molecule has 3 nitrogen and oxygen atoms in total. The molecule has 0 heterocycles. The van der Waals surface area contributed by atoms with Crippen LogP contribution in [0.2, 0.25) is 0 Å². The molecule has 0 fully saturated rings. The number of hydrogen-bond acceptors (Lipinski definition) is 2. The van der Waals surface area contributed by atoms with E-state index < -0.39 is 0 Å². The summed E-state index contributed by atoms with van der Waals surface area (Å²) in [6.45, 7) is 8.02. The summed E-state index contributed by atoms with van der Waals surface area (Å²) < 4.78 is 5.15. The Morgan fingerprint density at radius 2 is 1.79 bits per heavy atom. The second-order valence-electron chi connectivity index (χ2n) is 5.23. The fourth-order valence-electron chi connectivity index (χ4n) is 1.90. The normalized spacial score (nSPS) is 11.9. The second kappa shape index (κ2) is 6.98. The van der Waals surface area contributed by atoms with E-state index in [0.717, 1.165) is 16.9 Å². The summed E-state index contributed by atoms with van der Waals surface area (Å²) in [5.74, 6) is 1.10. The molecule has 104 valence electrons. The molecule has 0 aliphatic rings. The Hall–Kier alpha value is -1.77. The minimum Gasteiger partial charge on any atom is -0.497 e. The Morgan fingerprint density at radius 1 is 1.21 bits per heavy atom. The van der Waals surface area contributed by atoms with Crippen LogP contribution < -0.4 is 10.1 Å². The van der Waals surface area contributed by atoms with Crippen molar-refractivity contribution >= 4 is 5.91 Å². The lowest BCUT2D eigenvalue weighted by molar-refractivity contribution is -0.117. The average Bonchev–Trinajstić information content (AvgIpc) is 2.35. The Kier molecular flexibility index (Phi) is 5.61. The van der Waals surface area contributed by atoms with Crippen molar-refractivity contribution in [3.05, 3.63) is 41.5 Å². The van der Waals surface area contributed by atoms with Crippen LogP contribution in [0.25, 0.3) is 0 Å². The van der Waals surface area contributed by atoms with Gasteiger partial charge in [-0.15, -0.1) is 0 Å². The zero-order chi connectivity index (χ0) is 14.4. The van der Waals surface area contributed by atoms with Gasteiger partial charge in [-0.3, -0.25) is 4.79 Å². The Morgan fingerprint density at radius 3 is 2.21 bits per heavy atom. The molecule has 0 spiro atoms. The first kappa shape index (κ1) is 15.3. The van der Waals surface area contributed by atoms with Gasteiger partial charge < -0.3 is 10.1 Å². The molecule has 19 heavy (non-hydrogen) atoms. The Balaban J connectivity index is 2.88. The largest absolute Gasteiger partial charge is 0.497 e. The van der Waals surface area contributed by atoms with Crippen LogP contribution in [0.3, 0.4) is 0 Å². The number of hydrogen-bond donors (Lipinski definition) is 1. The van der Waals surface area contributed by atoms with E-state index in [1.54, 1.807) is 13.2 Å². The number of methoxy groups -OCH3 is 1. The summed E-state index contributed by atoms with van der Waals surface area (Å²) in [4.78, 5) is 11.9. The van der Waals surface area contributed by atoms with E-state index in [1.165, 1.54) is 0 Å². The fourth-order valence-corrected chi connectivity index (χ4v) is 1.90. The molecule has 1 N–H and O–H groups in total. The lowest BCUT2D eigenvalue weighted by atomic mass is 9.96. The zero-order valence-corrected chi connectivity index (χ0v) is 12.4. The third-order valence-corrected chi connectivity index (χ3v) is 2.86. The van der Waals surface area contributed by atoms with Crippen molar-refractivity contribution in [1.29, 1.82) is 0 Å². The molecular formula is C16H23NO2. The monoisotopic (exact) mass is 261 g/mol. The highest BCUT2D eigenvalue weighted by Crippen LogP contribution is 2.23. The van der Waals surface area contributed by atoms with Crippen LogP contribution in [0.1, 0.15) is 39.3 Å². The van der Waals surface area contributed by atoms with E-state index in [0.29, 0.717) is 5.92 Å². The number of allylic oxidation sites excluding steroid dienone is 1. The maximum Gasteiger partial charge on any atom is 0.244 e. The number of rotatable bonds is 5. The molecule has 1 atom stereocenters. The predicted octanol–water partition coefficient (Wildman–Crippen LogP) is 3.47. The number of ether oxygens (including phenoxy) is 1. The molecular weight excluding hydrogens is 238 g/mol. The van der Waals surface area contributed by atoms with E-state index in [9.17, 15) is 4.79 Å². The first-order chi connectivity index (χ1) is 8.93. The van der Waals surface area contributed by atoms with Crippen LogP contribution >= 0.6 is 0 Å². The van der Waals surface area contributed by atoms with E-state index in [4.69, 9.17) is 4.74 Å². The van der Waals surface area contributed by atoms with Crippen LogP contribution in [0.4, 0.5) is 0 Å². The average molecular weight is 261 g/mol. The molecule has 1 rings (SSSR count). The predicted molar refractivity (Wildman–Crippen MR) is 78.1 cm³/mol. The van der Waals surface area contributed by atoms with Gasteiger partial charge in [0.1, 0.15) is 5.75 Å². The fraction of sp³-hybridized carbons (Fsp3) is 0.438. The molecule has 1 aromatic carbocycles. The zero-order valence-electron chi connectivity index (χ0n) is 12.4. The third kappa shape index (κ3) is 4.78. The molecule has 0 saturated heterocycles. The molecule has 0 bridgehead atoms. The lowest BCUT2D eigenvalue weighted by Crippen LogP contribution is -2.30. The highest BCUT2D eigenvalue weighted by molar-refractivity contribution is 5.88. The minimum absolute atomic E-state index is 0.00834. The van der Waals surface area contributed by atoms with Gasteiger partial charge in [0, 0.05) is 6.08 Å². The molecule has 3 heteroatoms. The topological polar surface area (TPSA) is 38.3 Å². The first-order valence-corrected chi connectivity index (χ1v) is 6.53. The van der Waals surface area contributed by atoms with Crippen molar-refractivity contribution in [2.75, 3.05) is 7.11 Å². The van der Waals surface area contributed by atoms with Gasteiger partial charge in [0.25, 0.3) is 0 Å². The van der Waals surface area contributed by atoms with Crippen molar-refractivity contribution in [1.82, 2.24) is 5.32 Å². The van der Waals surface area contributed by atoms with Gasteiger partial charge in [0.2, 0.25) is 5.91 Å². The summed E-state index contributed by atoms with van der Waals surface area (Å²) in [5, 5.41) is 3.05. The maximum absolute atomic E-state index is 11.9. The summed E-state index contributed by atoms with van der Waals surface area (Å²) in [6, 6.07) is 7.82. The molecule has 1 unspecified atom stereocenters. The van der Waals surface area contributed by atoms with Gasteiger partial charge in [-0.05, 0) is 37.5 Å². The van der Waals surface area contributed by atoms with Gasteiger partial charge in [-0.2, -0.15) is 0 Å². The van der Waals surface area contributed by atoms with Crippen LogP contribution in [-0.4, -0.2) is 13.0 Å². The van der Waals surface area contributed by atoms with Gasteiger partial charge in [-0.25, -0.2) is 0 Å². The lowest BCUT2D eigenvalue weighted by Gasteiger charge is -2.22. The number of benzene rings is 1. The standard InChI is InChI=1S/C16H23NO2/c1-11(2)10-15(18)17-16(12(3)4)13-6-8-14(19-5)9-7-13/h6-10,12,16H,1-5H3,(H,17,18). The minimum atomic E-state index is -0.0467. The molecule has 1 amide bonds. The van der Waals surface area contributed by atoms with Crippen LogP contribution in [0.5, 0.6) is 5.75 Å². The number of amides is 1. The van der Waals surface area contributed by atoms with Crippen molar-refractivity contribution in [3.63, 3.8) is 0 Å². The summed E-state index contributed by atoms with van der Waals surface area (Å²) in [6.07, 6.45) is 1.62. The van der Waals surface area contributed by atoms with Crippen molar-refractivity contribution in [2.45, 2.75) is 33.7 Å². The van der Waals surface area contributed by atoms with Crippen LogP contribution in [-0.2, 0) is 4.79 Å². The van der Waals surface area contributed by atoms with E-state index in [2.05, 4.69) is 19.2 Å². The smallest absolute Gasteiger partial charge is 0.244 e. The molecule has 0 radical (unpaired) electrons. The van der Waals surface area contributed by atoms with E-state index >= 15 is 0 Å². The van der Waals surface area contributed by atoms with Crippen molar-refractivity contribution in [2.24, 2.45) is 5.92 Å². The van der Waals surface area contributed by atoms with Gasteiger partial charge >= 0.3 is 0 Å². The van der Waals surface area contributed by atoms with Crippen LogP contribution in [0.15, 0.2) is 35.9 Å². The van der Waals surface area contributed by atoms with Crippen molar-refractivity contribution in [3.8, 4) is 5.75 Å². The summed E-state index contributed by atoms with van der Waals surface area (Å²) >= 11 is 0. The van der Waals surface area contributed by atoms with E-state index in [-0.39, 0.29) is 11.9 Å². The highest BCUT2D eigenvalue weighted by atomic mass is 16.5. The number of carbonyl (C=O) groups excluding carboxylic acids is 1. The third-order valence-electron chi connectivity index (χ3n) is 2.86. The summed E-state index contributed by atoms with van der Waals surface area (Å²) in [5.41, 5.74) is 2.08. The van der Waals surface area contributed by atoms with Crippen LogP contribution in [0, 0.1) is 5.92 Å². The molecule has 1 aromatic rings. The van der Waals surface area contributed by atoms with Crippen molar-refractivity contribution < 1.29 is 9.53 Å². The molecule has 0 aromatic heterocycles. The Bertz CT molecular complexity index is 442. The van der Waals surface area contributed by atoms with E-state index in [1.807, 2.05) is 38.1 Å². The van der Waals surface area contributed by atoms with Gasteiger partial charge in [0.15, 0.2) is 0 Å². The highest BCUT2D eigenvalue weighted by Gasteiger charge is 2.17. The van der Waals surface area contributed by atoms with Gasteiger partial charge in [0.05, 0.1) is 13.2 Å². The maximum atomic E-state index is 11.9. The molecule has 0 aliphatic carbocycles. The quantitative estimate of drug-likeness (QED) is 0.824. The SMILES string of the molecule is COc1ccc(C(NC(=O)C=C(C)C)C(C)C)cc1. The summed E-state index contributed by atoms with van der Waals surface area (Å²) in [7, 11) is 1.64. The first-order valence-electron chi connectivity index (χ1n) is 6.53. The molecule has 0 saturated carbocycles. The van der Waals surface area contributed by atoms with Gasteiger partial charge in [-0.1, -0.05) is 31.6 Å². The second-order valence-corrected chi connectivity index (χ2v) is 5.23. The number of carbonyl (C=O) groups is 1. The molecule has 0 aliphatic heterocycles. The number of nitrogens with one attached hydrogen (secondary N) is 1. The Labute approximate surface area is 115 Å².